The lowest BCUT2D eigenvalue weighted by Gasteiger charge is -2.13. The van der Waals surface area contributed by atoms with E-state index in [1.54, 1.807) is 6.20 Å². The van der Waals surface area contributed by atoms with Gasteiger partial charge in [-0.15, -0.1) is 0 Å². The van der Waals surface area contributed by atoms with Crippen molar-refractivity contribution in [3.8, 4) is 0 Å². The molecule has 0 aliphatic rings. The first-order valence-corrected chi connectivity index (χ1v) is 5.11. The fourth-order valence-corrected chi connectivity index (χ4v) is 1.51. The van der Waals surface area contributed by atoms with Crippen LogP contribution in [0, 0.1) is 0 Å². The predicted molar refractivity (Wildman–Crippen MR) is 63.9 cm³/mol. The summed E-state index contributed by atoms with van der Waals surface area (Å²) in [5.41, 5.74) is 7.67. The van der Waals surface area contributed by atoms with Gasteiger partial charge in [-0.3, -0.25) is 4.98 Å². The number of benzene rings is 1. The molecule has 78 valence electrons. The molecule has 15 heavy (non-hydrogen) atoms. The number of aromatic nitrogens is 1. The van der Waals surface area contributed by atoms with Gasteiger partial charge in [-0.05, 0) is 31.2 Å². The van der Waals surface area contributed by atoms with Crippen LogP contribution < -0.4 is 11.1 Å². The Hall–Kier alpha value is -1.61. The molecular weight excluding hydrogens is 186 g/mol. The van der Waals surface area contributed by atoms with E-state index in [1.807, 2.05) is 18.2 Å². The quantitative estimate of drug-likeness (QED) is 0.798. The Bertz CT molecular complexity index is 453. The molecule has 0 saturated heterocycles. The number of fused-ring (bicyclic) bond motifs is 1. The summed E-state index contributed by atoms with van der Waals surface area (Å²) in [6.07, 6.45) is 1.80. The minimum Gasteiger partial charge on any atom is -0.381 e. The van der Waals surface area contributed by atoms with E-state index in [0.717, 1.165) is 16.6 Å². The van der Waals surface area contributed by atoms with Crippen molar-refractivity contribution in [1.29, 1.82) is 0 Å². The van der Waals surface area contributed by atoms with Crippen LogP contribution >= 0.6 is 0 Å². The van der Waals surface area contributed by atoms with Crippen LogP contribution in [0.4, 0.5) is 5.69 Å². The minimum absolute atomic E-state index is 0.291. The molecule has 2 aromatic rings. The van der Waals surface area contributed by atoms with Crippen molar-refractivity contribution in [2.24, 2.45) is 5.73 Å². The van der Waals surface area contributed by atoms with Gasteiger partial charge in [-0.1, -0.05) is 6.07 Å². The largest absolute Gasteiger partial charge is 0.381 e. The maximum Gasteiger partial charge on any atom is 0.0703 e. The van der Waals surface area contributed by atoms with Crippen LogP contribution in [-0.4, -0.2) is 17.6 Å². The van der Waals surface area contributed by atoms with Crippen molar-refractivity contribution in [2.45, 2.75) is 13.0 Å². The topological polar surface area (TPSA) is 50.9 Å². The van der Waals surface area contributed by atoms with E-state index in [4.69, 9.17) is 5.73 Å². The fourth-order valence-electron chi connectivity index (χ4n) is 1.51. The molecular formula is C12H15N3. The summed E-state index contributed by atoms with van der Waals surface area (Å²) in [6, 6.07) is 10.4. The van der Waals surface area contributed by atoms with Crippen LogP contribution in [-0.2, 0) is 0 Å². The summed E-state index contributed by atoms with van der Waals surface area (Å²) >= 11 is 0. The summed E-state index contributed by atoms with van der Waals surface area (Å²) in [7, 11) is 0. The summed E-state index contributed by atoms with van der Waals surface area (Å²) < 4.78 is 0. The molecule has 3 N–H and O–H groups in total. The fraction of sp³-hybridized carbons (Fsp3) is 0.250. The molecule has 0 amide bonds. The molecule has 1 aromatic carbocycles. The van der Waals surface area contributed by atoms with Crippen molar-refractivity contribution in [3.63, 3.8) is 0 Å². The lowest BCUT2D eigenvalue weighted by molar-refractivity contribution is 0.804. The van der Waals surface area contributed by atoms with Crippen molar-refractivity contribution in [1.82, 2.24) is 4.98 Å². The molecule has 3 nitrogen and oxygen atoms in total. The third-order valence-corrected chi connectivity index (χ3v) is 2.37. The Labute approximate surface area is 89.3 Å². The molecule has 1 heterocycles. The van der Waals surface area contributed by atoms with Gasteiger partial charge in [0.25, 0.3) is 0 Å². The Morgan fingerprint density at radius 1 is 1.40 bits per heavy atom. The molecule has 0 spiro atoms. The zero-order valence-corrected chi connectivity index (χ0v) is 8.77. The van der Waals surface area contributed by atoms with E-state index >= 15 is 0 Å². The first-order chi connectivity index (χ1) is 7.29. The highest BCUT2D eigenvalue weighted by Crippen LogP contribution is 2.17. The average Bonchev–Trinajstić information content (AvgIpc) is 2.29. The second kappa shape index (κ2) is 4.28. The number of hydrogen-bond donors (Lipinski definition) is 2. The van der Waals surface area contributed by atoms with Gasteiger partial charge < -0.3 is 11.1 Å². The maximum atomic E-state index is 5.56. The van der Waals surface area contributed by atoms with Crippen molar-refractivity contribution in [3.05, 3.63) is 36.5 Å². The van der Waals surface area contributed by atoms with E-state index in [1.165, 1.54) is 0 Å². The van der Waals surface area contributed by atoms with E-state index in [9.17, 15) is 0 Å². The van der Waals surface area contributed by atoms with Gasteiger partial charge in [0.1, 0.15) is 0 Å². The van der Waals surface area contributed by atoms with E-state index in [0.29, 0.717) is 12.6 Å². The van der Waals surface area contributed by atoms with Gasteiger partial charge in [0.15, 0.2) is 0 Å². The van der Waals surface area contributed by atoms with Crippen LogP contribution in [0.3, 0.4) is 0 Å². The van der Waals surface area contributed by atoms with Gasteiger partial charge in [0, 0.05) is 29.9 Å². The van der Waals surface area contributed by atoms with Crippen LogP contribution in [0.15, 0.2) is 36.5 Å². The summed E-state index contributed by atoms with van der Waals surface area (Å²) in [5.74, 6) is 0. The van der Waals surface area contributed by atoms with E-state index in [2.05, 4.69) is 29.4 Å². The van der Waals surface area contributed by atoms with Crippen LogP contribution in [0.25, 0.3) is 10.9 Å². The smallest absolute Gasteiger partial charge is 0.0703 e. The van der Waals surface area contributed by atoms with E-state index < -0.39 is 0 Å². The normalized spacial score (nSPS) is 12.7. The van der Waals surface area contributed by atoms with Crippen molar-refractivity contribution in [2.75, 3.05) is 11.9 Å². The number of pyridine rings is 1. The van der Waals surface area contributed by atoms with Gasteiger partial charge >= 0.3 is 0 Å². The zero-order valence-electron chi connectivity index (χ0n) is 8.77. The van der Waals surface area contributed by atoms with E-state index in [-0.39, 0.29) is 0 Å². The third kappa shape index (κ3) is 2.25. The maximum absolute atomic E-state index is 5.56. The highest BCUT2D eigenvalue weighted by atomic mass is 14.9. The van der Waals surface area contributed by atoms with Gasteiger partial charge in [-0.2, -0.15) is 0 Å². The number of nitrogens with one attached hydrogen (secondary N) is 1. The molecule has 1 unspecified atom stereocenters. The lowest BCUT2D eigenvalue weighted by atomic mass is 10.2. The Morgan fingerprint density at radius 2 is 2.27 bits per heavy atom. The van der Waals surface area contributed by atoms with Crippen LogP contribution in [0.5, 0.6) is 0 Å². The Morgan fingerprint density at radius 3 is 3.07 bits per heavy atom. The molecule has 0 bridgehead atoms. The molecule has 0 aliphatic carbocycles. The Balaban J connectivity index is 2.30. The monoisotopic (exact) mass is 201 g/mol. The molecule has 2 rings (SSSR count). The van der Waals surface area contributed by atoms with Gasteiger partial charge in [0.2, 0.25) is 0 Å². The molecule has 0 radical (unpaired) electrons. The molecule has 0 fully saturated rings. The predicted octanol–water partition coefficient (Wildman–Crippen LogP) is 1.99. The van der Waals surface area contributed by atoms with Crippen molar-refractivity contribution < 1.29 is 0 Å². The minimum atomic E-state index is 0.291. The third-order valence-electron chi connectivity index (χ3n) is 2.37. The number of rotatable bonds is 3. The average molecular weight is 201 g/mol. The summed E-state index contributed by atoms with van der Waals surface area (Å²) in [6.45, 7) is 2.69. The zero-order chi connectivity index (χ0) is 10.7. The number of anilines is 1. The standard InChI is InChI=1S/C12H15N3/c1-9(8-13)15-11-4-5-12-10(7-11)3-2-6-14-12/h2-7,9,15H,8,13H2,1H3. The highest BCUT2D eigenvalue weighted by molar-refractivity contribution is 5.82. The first kappa shape index (κ1) is 9.93. The van der Waals surface area contributed by atoms with Gasteiger partial charge in [-0.25, -0.2) is 0 Å². The SMILES string of the molecule is CC(CN)Nc1ccc2ncccc2c1. The first-order valence-electron chi connectivity index (χ1n) is 5.11. The molecule has 0 saturated carbocycles. The molecule has 3 heteroatoms. The highest BCUT2D eigenvalue weighted by Gasteiger charge is 2.00. The number of nitrogens with zero attached hydrogens (tertiary/aromatic N) is 1. The second-order valence-corrected chi connectivity index (χ2v) is 3.69. The van der Waals surface area contributed by atoms with Crippen molar-refractivity contribution >= 4 is 16.6 Å². The summed E-state index contributed by atoms with van der Waals surface area (Å²) in [5, 5.41) is 4.48. The number of hydrogen-bond acceptors (Lipinski definition) is 3. The Kier molecular flexibility index (Phi) is 2.83. The molecule has 1 aromatic heterocycles. The molecule has 0 aliphatic heterocycles. The number of nitrogens with two attached hydrogens (primary N) is 1. The van der Waals surface area contributed by atoms with Crippen LogP contribution in [0.1, 0.15) is 6.92 Å². The van der Waals surface area contributed by atoms with Crippen LogP contribution in [0.2, 0.25) is 0 Å². The second-order valence-electron chi connectivity index (χ2n) is 3.69. The molecule has 1 atom stereocenters. The van der Waals surface area contributed by atoms with Gasteiger partial charge in [0.05, 0.1) is 5.52 Å². The lowest BCUT2D eigenvalue weighted by Crippen LogP contribution is -2.25. The summed E-state index contributed by atoms with van der Waals surface area (Å²) in [4.78, 5) is 4.27.